The van der Waals surface area contributed by atoms with Gasteiger partial charge in [-0.15, -0.1) is 0 Å². The first-order valence-corrected chi connectivity index (χ1v) is 8.03. The Bertz CT molecular complexity index is 698. The first-order chi connectivity index (χ1) is 11.3. The van der Waals surface area contributed by atoms with Gasteiger partial charge in [0, 0.05) is 18.5 Å². The van der Waals surface area contributed by atoms with Crippen LogP contribution in [0.15, 0.2) is 42.5 Å². The molecule has 2 aromatic carbocycles. The lowest BCUT2D eigenvalue weighted by atomic mass is 9.84. The predicted molar refractivity (Wildman–Crippen MR) is 88.2 cm³/mol. The highest BCUT2D eigenvalue weighted by atomic mass is 16.7. The van der Waals surface area contributed by atoms with Crippen molar-refractivity contribution >= 4 is 0 Å². The summed E-state index contributed by atoms with van der Waals surface area (Å²) in [5.74, 6) is 3.58. The van der Waals surface area contributed by atoms with Crippen molar-refractivity contribution < 1.29 is 14.2 Å². The van der Waals surface area contributed by atoms with Gasteiger partial charge >= 0.3 is 0 Å². The van der Waals surface area contributed by atoms with E-state index in [9.17, 15) is 0 Å². The van der Waals surface area contributed by atoms with E-state index >= 15 is 0 Å². The van der Waals surface area contributed by atoms with Crippen molar-refractivity contribution in [3.8, 4) is 17.2 Å². The average molecular weight is 311 g/mol. The third-order valence-electron chi connectivity index (χ3n) is 5.02. The highest BCUT2D eigenvalue weighted by Gasteiger charge is 2.34. The first kappa shape index (κ1) is 14.4. The normalized spacial score (nSPS) is 25.6. The summed E-state index contributed by atoms with van der Waals surface area (Å²) in [4.78, 5) is 0. The summed E-state index contributed by atoms with van der Waals surface area (Å²) >= 11 is 0. The summed E-state index contributed by atoms with van der Waals surface area (Å²) in [6.07, 6.45) is 0. The maximum absolute atomic E-state index is 5.51. The highest BCUT2D eigenvalue weighted by molar-refractivity contribution is 5.46. The van der Waals surface area contributed by atoms with Gasteiger partial charge in [0.25, 0.3) is 0 Å². The van der Waals surface area contributed by atoms with Crippen LogP contribution in [-0.4, -0.2) is 20.4 Å². The van der Waals surface area contributed by atoms with E-state index in [0.717, 1.165) is 23.8 Å². The third kappa shape index (κ3) is 2.53. The van der Waals surface area contributed by atoms with E-state index in [1.54, 1.807) is 7.11 Å². The summed E-state index contributed by atoms with van der Waals surface area (Å²) in [5.41, 5.74) is 2.62. The van der Waals surface area contributed by atoms with Crippen LogP contribution in [0.1, 0.15) is 30.0 Å². The van der Waals surface area contributed by atoms with Gasteiger partial charge in [-0.2, -0.15) is 0 Å². The molecule has 0 bridgehead atoms. The molecule has 0 aliphatic carbocycles. The van der Waals surface area contributed by atoms with Crippen LogP contribution in [0, 0.1) is 5.92 Å². The van der Waals surface area contributed by atoms with Gasteiger partial charge in [0.05, 0.1) is 7.11 Å². The number of fused-ring (bicyclic) bond motifs is 1. The molecule has 0 amide bonds. The van der Waals surface area contributed by atoms with Crippen molar-refractivity contribution in [2.24, 2.45) is 5.92 Å². The summed E-state index contributed by atoms with van der Waals surface area (Å²) in [5, 5.41) is 3.66. The van der Waals surface area contributed by atoms with Gasteiger partial charge in [-0.05, 0) is 41.3 Å². The van der Waals surface area contributed by atoms with Gasteiger partial charge in [-0.1, -0.05) is 25.1 Å². The molecule has 0 aromatic heterocycles. The lowest BCUT2D eigenvalue weighted by molar-refractivity contribution is 0.174. The van der Waals surface area contributed by atoms with Crippen LogP contribution in [0.25, 0.3) is 0 Å². The summed E-state index contributed by atoms with van der Waals surface area (Å²) in [7, 11) is 1.70. The quantitative estimate of drug-likeness (QED) is 0.942. The molecule has 0 spiro atoms. The smallest absolute Gasteiger partial charge is 0.231 e. The maximum Gasteiger partial charge on any atom is 0.231 e. The second-order valence-electron chi connectivity index (χ2n) is 6.24. The third-order valence-corrected chi connectivity index (χ3v) is 5.02. The number of benzene rings is 2. The zero-order valence-corrected chi connectivity index (χ0v) is 13.4. The van der Waals surface area contributed by atoms with E-state index in [1.807, 2.05) is 18.2 Å². The molecule has 120 valence electrons. The molecule has 1 N–H and O–H groups in total. The van der Waals surface area contributed by atoms with Gasteiger partial charge < -0.3 is 19.5 Å². The molecule has 2 heterocycles. The molecule has 2 aliphatic heterocycles. The Balaban J connectivity index is 1.56. The van der Waals surface area contributed by atoms with E-state index in [2.05, 4.69) is 36.5 Å². The van der Waals surface area contributed by atoms with Crippen molar-refractivity contribution in [3.05, 3.63) is 53.6 Å². The Labute approximate surface area is 136 Å². The maximum atomic E-state index is 5.51. The Morgan fingerprint density at radius 2 is 1.74 bits per heavy atom. The number of ether oxygens (including phenoxy) is 3. The fraction of sp³-hybridized carbons (Fsp3) is 0.368. The second-order valence-corrected chi connectivity index (χ2v) is 6.24. The fourth-order valence-corrected chi connectivity index (χ4v) is 3.66. The van der Waals surface area contributed by atoms with Crippen LogP contribution in [0.4, 0.5) is 0 Å². The van der Waals surface area contributed by atoms with E-state index in [4.69, 9.17) is 14.2 Å². The molecule has 4 heteroatoms. The molecule has 2 aliphatic rings. The molecule has 0 saturated carbocycles. The van der Waals surface area contributed by atoms with Gasteiger partial charge in [0.1, 0.15) is 5.75 Å². The Morgan fingerprint density at radius 1 is 1.00 bits per heavy atom. The molecule has 0 radical (unpaired) electrons. The van der Waals surface area contributed by atoms with Crippen LogP contribution in [0.5, 0.6) is 17.2 Å². The minimum absolute atomic E-state index is 0.325. The van der Waals surface area contributed by atoms with Gasteiger partial charge in [0.2, 0.25) is 6.79 Å². The van der Waals surface area contributed by atoms with Crippen LogP contribution >= 0.6 is 0 Å². The zero-order chi connectivity index (χ0) is 15.8. The van der Waals surface area contributed by atoms with Gasteiger partial charge in [0.15, 0.2) is 11.5 Å². The zero-order valence-electron chi connectivity index (χ0n) is 13.4. The number of rotatable bonds is 3. The molecular formula is C19H21NO3. The van der Waals surface area contributed by atoms with Crippen molar-refractivity contribution in [1.29, 1.82) is 0 Å². The van der Waals surface area contributed by atoms with Gasteiger partial charge in [-0.25, -0.2) is 0 Å². The Hall–Kier alpha value is -2.20. The number of hydrogen-bond acceptors (Lipinski definition) is 4. The standard InChI is InChI=1S/C19H21NO3/c1-12-16(14-5-8-17-18(9-14)23-11-22-17)10-20-19(12)13-3-6-15(21-2)7-4-13/h3-9,12,16,19-20H,10-11H2,1-2H3/t12?,16-,19+/m0/s1. The van der Waals surface area contributed by atoms with Crippen LogP contribution in [0.3, 0.4) is 0 Å². The number of nitrogens with one attached hydrogen (secondary N) is 1. The molecule has 1 fully saturated rings. The molecule has 4 nitrogen and oxygen atoms in total. The topological polar surface area (TPSA) is 39.7 Å². The van der Waals surface area contributed by atoms with Crippen molar-refractivity contribution in [3.63, 3.8) is 0 Å². The molecule has 3 atom stereocenters. The Kier molecular flexibility index (Phi) is 3.62. The molecule has 1 saturated heterocycles. The molecule has 4 rings (SSSR count). The molecular weight excluding hydrogens is 290 g/mol. The summed E-state index contributed by atoms with van der Waals surface area (Å²) < 4.78 is 16.2. The van der Waals surface area contributed by atoms with Crippen molar-refractivity contribution in [2.45, 2.75) is 18.9 Å². The van der Waals surface area contributed by atoms with E-state index < -0.39 is 0 Å². The van der Waals surface area contributed by atoms with Crippen molar-refractivity contribution in [2.75, 3.05) is 20.4 Å². The molecule has 1 unspecified atom stereocenters. The monoisotopic (exact) mass is 311 g/mol. The average Bonchev–Trinajstić information content (AvgIpc) is 3.20. The Morgan fingerprint density at radius 3 is 2.52 bits per heavy atom. The van der Waals surface area contributed by atoms with Crippen LogP contribution < -0.4 is 19.5 Å². The second kappa shape index (κ2) is 5.78. The largest absolute Gasteiger partial charge is 0.497 e. The fourth-order valence-electron chi connectivity index (χ4n) is 3.66. The van der Waals surface area contributed by atoms with E-state index in [-0.39, 0.29) is 0 Å². The molecule has 23 heavy (non-hydrogen) atoms. The van der Waals surface area contributed by atoms with Crippen LogP contribution in [-0.2, 0) is 0 Å². The number of hydrogen-bond donors (Lipinski definition) is 1. The predicted octanol–water partition coefficient (Wildman–Crippen LogP) is 3.49. The van der Waals surface area contributed by atoms with E-state index in [1.165, 1.54) is 11.1 Å². The lowest BCUT2D eigenvalue weighted by Crippen LogP contribution is -2.16. The van der Waals surface area contributed by atoms with Gasteiger partial charge in [-0.3, -0.25) is 0 Å². The first-order valence-electron chi connectivity index (χ1n) is 8.03. The SMILES string of the molecule is COc1ccc([C@@H]2NC[C@H](c3ccc4c(c3)OCO4)C2C)cc1. The minimum atomic E-state index is 0.325. The van der Waals surface area contributed by atoms with Crippen molar-refractivity contribution in [1.82, 2.24) is 5.32 Å². The lowest BCUT2D eigenvalue weighted by Gasteiger charge is -2.21. The van der Waals surface area contributed by atoms with E-state index in [0.29, 0.717) is 24.7 Å². The minimum Gasteiger partial charge on any atom is -0.497 e. The summed E-state index contributed by atoms with van der Waals surface area (Å²) in [6, 6.07) is 15.0. The van der Waals surface area contributed by atoms with Crippen LogP contribution in [0.2, 0.25) is 0 Å². The molecule has 2 aromatic rings. The summed E-state index contributed by atoms with van der Waals surface area (Å²) in [6.45, 7) is 3.60. The number of methoxy groups -OCH3 is 1. The highest BCUT2D eigenvalue weighted by Crippen LogP contribution is 2.42.